The maximum Gasteiger partial charge on any atom is 0.277 e. The van der Waals surface area contributed by atoms with Gasteiger partial charge in [-0.3, -0.25) is 4.79 Å². The molecule has 3 aromatic carbocycles. The van der Waals surface area contributed by atoms with E-state index in [0.29, 0.717) is 11.5 Å². The van der Waals surface area contributed by atoms with E-state index in [1.807, 2.05) is 84.9 Å². The Balaban J connectivity index is 1.26. The van der Waals surface area contributed by atoms with Gasteiger partial charge in [-0.15, -0.1) is 0 Å². The Hall–Kier alpha value is -3.64. The maximum absolute atomic E-state index is 12.0. The number of hydrogen-bond donors (Lipinski definition) is 1. The number of carbonyl (C=O) groups excluding carboxylic acids is 1. The third-order valence-corrected chi connectivity index (χ3v) is 4.94. The van der Waals surface area contributed by atoms with Crippen molar-refractivity contribution in [3.05, 3.63) is 101 Å². The van der Waals surface area contributed by atoms with E-state index in [4.69, 9.17) is 9.15 Å². The van der Waals surface area contributed by atoms with Gasteiger partial charge in [0.25, 0.3) is 5.91 Å². The summed E-state index contributed by atoms with van der Waals surface area (Å²) in [6, 6.07) is 29.1. The summed E-state index contributed by atoms with van der Waals surface area (Å²) in [7, 11) is 0. The summed E-state index contributed by atoms with van der Waals surface area (Å²) in [5, 5.41) is 3.92. The topological polar surface area (TPSA) is 63.8 Å². The molecule has 31 heavy (non-hydrogen) atoms. The number of halogens is 1. The molecule has 0 saturated heterocycles. The highest BCUT2D eigenvalue weighted by Crippen LogP contribution is 2.24. The Bertz CT molecular complexity index is 1180. The Kier molecular flexibility index (Phi) is 6.59. The van der Waals surface area contributed by atoms with E-state index in [1.165, 1.54) is 6.21 Å². The number of furan rings is 1. The van der Waals surface area contributed by atoms with Crippen LogP contribution in [-0.2, 0) is 4.79 Å². The number of hydrogen-bond acceptors (Lipinski definition) is 4. The number of ether oxygens (including phenoxy) is 1. The molecule has 0 spiro atoms. The van der Waals surface area contributed by atoms with Crippen LogP contribution in [0, 0.1) is 0 Å². The van der Waals surface area contributed by atoms with Crippen LogP contribution >= 0.6 is 15.9 Å². The molecule has 0 aliphatic rings. The van der Waals surface area contributed by atoms with Crippen molar-refractivity contribution < 1.29 is 13.9 Å². The molecular formula is C25H19BrN2O3. The fourth-order valence-electron chi connectivity index (χ4n) is 2.94. The molecule has 6 heteroatoms. The summed E-state index contributed by atoms with van der Waals surface area (Å²) in [5.41, 5.74) is 5.60. The molecule has 0 aliphatic carbocycles. The first-order valence-corrected chi connectivity index (χ1v) is 10.4. The van der Waals surface area contributed by atoms with Crippen molar-refractivity contribution >= 4 is 28.1 Å². The SMILES string of the molecule is O=C(COc1ccc(-c2ccccc2)cc1)N/N=C/c1ccc(-c2cccc(Br)c2)o1. The zero-order chi connectivity index (χ0) is 21.5. The molecule has 0 aliphatic heterocycles. The fourth-order valence-corrected chi connectivity index (χ4v) is 3.34. The summed E-state index contributed by atoms with van der Waals surface area (Å²) < 4.78 is 12.2. The number of nitrogens with one attached hydrogen (secondary N) is 1. The third kappa shape index (κ3) is 5.71. The van der Waals surface area contributed by atoms with Crippen LogP contribution in [0.4, 0.5) is 0 Å². The number of nitrogens with zero attached hydrogens (tertiary/aromatic N) is 1. The largest absolute Gasteiger partial charge is 0.484 e. The van der Waals surface area contributed by atoms with Gasteiger partial charge < -0.3 is 9.15 Å². The van der Waals surface area contributed by atoms with Crippen LogP contribution in [0.15, 0.2) is 105 Å². The standard InChI is InChI=1S/C25H19BrN2O3/c26-21-8-4-7-20(15-21)24-14-13-23(31-24)16-27-28-25(29)17-30-22-11-9-19(10-12-22)18-5-2-1-3-6-18/h1-16H,17H2,(H,28,29)/b27-16+. The van der Waals surface area contributed by atoms with Crippen LogP contribution in [0.1, 0.15) is 5.76 Å². The summed E-state index contributed by atoms with van der Waals surface area (Å²) in [6.45, 7) is -0.135. The van der Waals surface area contributed by atoms with Gasteiger partial charge in [-0.1, -0.05) is 70.5 Å². The van der Waals surface area contributed by atoms with Crippen molar-refractivity contribution in [3.8, 4) is 28.2 Å². The van der Waals surface area contributed by atoms with E-state index >= 15 is 0 Å². The van der Waals surface area contributed by atoms with Crippen LogP contribution < -0.4 is 10.2 Å². The molecule has 4 rings (SSSR count). The third-order valence-electron chi connectivity index (χ3n) is 4.45. The minimum atomic E-state index is -0.359. The molecule has 1 amide bonds. The van der Waals surface area contributed by atoms with E-state index in [9.17, 15) is 4.79 Å². The number of carbonyl (C=O) groups is 1. The van der Waals surface area contributed by atoms with E-state index < -0.39 is 0 Å². The average molecular weight is 475 g/mol. The first kappa shape index (κ1) is 20.6. The smallest absolute Gasteiger partial charge is 0.277 e. The van der Waals surface area contributed by atoms with E-state index in [0.717, 1.165) is 26.9 Å². The van der Waals surface area contributed by atoms with Gasteiger partial charge in [0.2, 0.25) is 0 Å². The summed E-state index contributed by atoms with van der Waals surface area (Å²) >= 11 is 3.44. The van der Waals surface area contributed by atoms with Gasteiger partial charge >= 0.3 is 0 Å². The molecule has 0 atom stereocenters. The second-order valence-corrected chi connectivity index (χ2v) is 7.60. The molecule has 1 aromatic heterocycles. The molecule has 4 aromatic rings. The van der Waals surface area contributed by atoms with Gasteiger partial charge in [-0.2, -0.15) is 5.10 Å². The molecule has 0 saturated carbocycles. The Morgan fingerprint density at radius 3 is 2.42 bits per heavy atom. The maximum atomic E-state index is 12.0. The number of amides is 1. The minimum Gasteiger partial charge on any atom is -0.484 e. The second-order valence-electron chi connectivity index (χ2n) is 6.68. The zero-order valence-corrected chi connectivity index (χ0v) is 18.1. The van der Waals surface area contributed by atoms with Crippen LogP contribution in [-0.4, -0.2) is 18.7 Å². The lowest BCUT2D eigenvalue weighted by molar-refractivity contribution is -0.123. The Morgan fingerprint density at radius 1 is 0.903 bits per heavy atom. The highest BCUT2D eigenvalue weighted by atomic mass is 79.9. The summed E-state index contributed by atoms with van der Waals surface area (Å²) in [5.74, 6) is 1.51. The van der Waals surface area contributed by atoms with Gasteiger partial charge in [-0.25, -0.2) is 5.43 Å². The number of rotatable bonds is 7. The van der Waals surface area contributed by atoms with Crippen molar-refractivity contribution in [1.82, 2.24) is 5.43 Å². The molecule has 0 fully saturated rings. The van der Waals surface area contributed by atoms with E-state index in [-0.39, 0.29) is 12.5 Å². The predicted octanol–water partition coefficient (Wildman–Crippen LogP) is 5.91. The molecule has 0 unspecified atom stereocenters. The number of benzene rings is 3. The van der Waals surface area contributed by atoms with Crippen molar-refractivity contribution in [3.63, 3.8) is 0 Å². The van der Waals surface area contributed by atoms with Crippen LogP contribution in [0.5, 0.6) is 5.75 Å². The highest BCUT2D eigenvalue weighted by molar-refractivity contribution is 9.10. The second kappa shape index (κ2) is 9.91. The van der Waals surface area contributed by atoms with Gasteiger partial charge in [0.05, 0.1) is 6.21 Å². The van der Waals surface area contributed by atoms with Crippen LogP contribution in [0.2, 0.25) is 0 Å². The average Bonchev–Trinajstić information content (AvgIpc) is 3.28. The Morgan fingerprint density at radius 2 is 1.65 bits per heavy atom. The van der Waals surface area contributed by atoms with Gasteiger partial charge in [0.1, 0.15) is 17.3 Å². The van der Waals surface area contributed by atoms with Gasteiger partial charge in [0.15, 0.2) is 6.61 Å². The molecular weight excluding hydrogens is 456 g/mol. The van der Waals surface area contributed by atoms with Crippen molar-refractivity contribution in [1.29, 1.82) is 0 Å². The number of hydrazone groups is 1. The highest BCUT2D eigenvalue weighted by Gasteiger charge is 2.05. The summed E-state index contributed by atoms with van der Waals surface area (Å²) in [4.78, 5) is 12.0. The molecule has 0 radical (unpaired) electrons. The van der Waals surface area contributed by atoms with Gasteiger partial charge in [-0.05, 0) is 47.5 Å². The summed E-state index contributed by atoms with van der Waals surface area (Å²) in [6.07, 6.45) is 1.45. The van der Waals surface area contributed by atoms with Crippen molar-refractivity contribution in [2.75, 3.05) is 6.61 Å². The lowest BCUT2D eigenvalue weighted by atomic mass is 10.1. The van der Waals surface area contributed by atoms with Gasteiger partial charge in [0, 0.05) is 10.0 Å². The first-order valence-electron chi connectivity index (χ1n) is 9.63. The molecule has 1 heterocycles. The zero-order valence-electron chi connectivity index (χ0n) is 16.5. The molecule has 154 valence electrons. The van der Waals surface area contributed by atoms with Crippen molar-refractivity contribution in [2.45, 2.75) is 0 Å². The molecule has 1 N–H and O–H groups in total. The van der Waals surface area contributed by atoms with Crippen LogP contribution in [0.3, 0.4) is 0 Å². The van der Waals surface area contributed by atoms with Crippen LogP contribution in [0.25, 0.3) is 22.5 Å². The normalized spacial score (nSPS) is 10.9. The fraction of sp³-hybridized carbons (Fsp3) is 0.0400. The lowest BCUT2D eigenvalue weighted by Gasteiger charge is -2.06. The quantitative estimate of drug-likeness (QED) is 0.267. The monoisotopic (exact) mass is 474 g/mol. The first-order chi connectivity index (χ1) is 15.2. The lowest BCUT2D eigenvalue weighted by Crippen LogP contribution is -2.24. The van der Waals surface area contributed by atoms with Crippen molar-refractivity contribution in [2.24, 2.45) is 5.10 Å². The molecule has 5 nitrogen and oxygen atoms in total. The van der Waals surface area contributed by atoms with E-state index in [1.54, 1.807) is 6.07 Å². The molecule has 0 bridgehead atoms. The van der Waals surface area contributed by atoms with E-state index in [2.05, 4.69) is 26.5 Å². The Labute approximate surface area is 188 Å². The predicted molar refractivity (Wildman–Crippen MR) is 125 cm³/mol. The minimum absolute atomic E-state index is 0.135.